The normalized spacial score (nSPS) is 13.4. The van der Waals surface area contributed by atoms with Crippen LogP contribution >= 0.6 is 0 Å². The molecule has 0 saturated heterocycles. The van der Waals surface area contributed by atoms with E-state index < -0.39 is 5.60 Å². The smallest absolute Gasteiger partial charge is 0.256 e. The Bertz CT molecular complexity index is 529. The van der Waals surface area contributed by atoms with Gasteiger partial charge >= 0.3 is 0 Å². The number of unbranched alkanes of at least 4 members (excludes halogenated alkanes) is 2. The lowest BCUT2D eigenvalue weighted by Crippen LogP contribution is -2.41. The summed E-state index contributed by atoms with van der Waals surface area (Å²) < 4.78 is 11.3. The number of carbonyl (C=O) groups excluding carboxylic acids is 1. The predicted octanol–water partition coefficient (Wildman–Crippen LogP) is 4.72. The largest absolute Gasteiger partial charge is 0.494 e. The van der Waals surface area contributed by atoms with E-state index in [1.807, 2.05) is 31.2 Å². The predicted molar refractivity (Wildman–Crippen MR) is 113 cm³/mol. The highest BCUT2D eigenvalue weighted by Gasteiger charge is 2.32. The van der Waals surface area contributed by atoms with E-state index >= 15 is 0 Å². The minimum Gasteiger partial charge on any atom is -0.494 e. The lowest BCUT2D eigenvalue weighted by atomic mass is 9.97. The van der Waals surface area contributed by atoms with Crippen molar-refractivity contribution in [3.05, 3.63) is 24.3 Å². The number of methoxy groups -OCH3 is 1. The zero-order valence-electron chi connectivity index (χ0n) is 17.8. The molecular weight excluding hydrogens is 340 g/mol. The van der Waals surface area contributed by atoms with Crippen molar-refractivity contribution < 1.29 is 14.3 Å². The van der Waals surface area contributed by atoms with Gasteiger partial charge in [0.1, 0.15) is 11.4 Å². The third kappa shape index (κ3) is 8.31. The van der Waals surface area contributed by atoms with Gasteiger partial charge in [0.2, 0.25) is 0 Å². The molecule has 0 fully saturated rings. The van der Waals surface area contributed by atoms with Gasteiger partial charge in [-0.3, -0.25) is 4.79 Å². The molecule has 5 heteroatoms. The summed E-state index contributed by atoms with van der Waals surface area (Å²) in [4.78, 5) is 15.0. The van der Waals surface area contributed by atoms with Gasteiger partial charge in [-0.25, -0.2) is 0 Å². The van der Waals surface area contributed by atoms with Crippen LogP contribution in [0.25, 0.3) is 0 Å². The first kappa shape index (κ1) is 23.4. The molecule has 1 aromatic rings. The van der Waals surface area contributed by atoms with Gasteiger partial charge in [-0.05, 0) is 57.1 Å². The second-order valence-corrected chi connectivity index (χ2v) is 7.10. The van der Waals surface area contributed by atoms with Crippen LogP contribution in [0, 0.1) is 0 Å². The van der Waals surface area contributed by atoms with Gasteiger partial charge in [-0.15, -0.1) is 0 Å². The van der Waals surface area contributed by atoms with Crippen molar-refractivity contribution in [1.82, 2.24) is 4.90 Å². The van der Waals surface area contributed by atoms with Crippen LogP contribution in [0.3, 0.4) is 0 Å². The van der Waals surface area contributed by atoms with Crippen LogP contribution < -0.4 is 10.1 Å². The van der Waals surface area contributed by atoms with Crippen LogP contribution in [0.4, 0.5) is 5.69 Å². The molecule has 0 radical (unpaired) electrons. The Morgan fingerprint density at radius 1 is 1.07 bits per heavy atom. The summed E-state index contributed by atoms with van der Waals surface area (Å²) in [6, 6.07) is 7.54. The minimum absolute atomic E-state index is 0.103. The molecule has 5 nitrogen and oxygen atoms in total. The number of nitrogens with zero attached hydrogens (tertiary/aromatic N) is 1. The Hall–Kier alpha value is -1.59. The second-order valence-electron chi connectivity index (χ2n) is 7.10. The Balaban J connectivity index is 2.47. The van der Waals surface area contributed by atoms with E-state index in [0.717, 1.165) is 63.2 Å². The number of nitrogens with one attached hydrogen (secondary N) is 1. The highest BCUT2D eigenvalue weighted by Crippen LogP contribution is 2.22. The number of amides is 1. The van der Waals surface area contributed by atoms with Crippen molar-refractivity contribution in [2.75, 3.05) is 38.7 Å². The van der Waals surface area contributed by atoms with E-state index in [9.17, 15) is 4.79 Å². The average Bonchev–Trinajstić information content (AvgIpc) is 2.69. The lowest BCUT2D eigenvalue weighted by Gasteiger charge is -2.27. The Morgan fingerprint density at radius 3 is 2.30 bits per heavy atom. The first-order valence-corrected chi connectivity index (χ1v) is 10.3. The fourth-order valence-corrected chi connectivity index (χ4v) is 2.94. The van der Waals surface area contributed by atoms with E-state index in [-0.39, 0.29) is 5.91 Å². The van der Waals surface area contributed by atoms with Crippen molar-refractivity contribution in [2.45, 2.75) is 65.4 Å². The van der Waals surface area contributed by atoms with Crippen molar-refractivity contribution in [3.63, 3.8) is 0 Å². The standard InChI is InChI=1S/C22H38N2O3/c1-6-9-10-16-22(4,26-5)21(25)23-19-12-14-20(15-13-19)27-18-11-17-24(7-2)8-3/h12-15H,6-11,16-18H2,1-5H3,(H,23,25)/t22-/m1/s1. The number of carbonyl (C=O) groups is 1. The Labute approximate surface area is 165 Å². The van der Waals surface area contributed by atoms with Gasteiger partial charge in [-0.1, -0.05) is 40.0 Å². The SMILES string of the molecule is CCCCC[C@@](C)(OC)C(=O)Nc1ccc(OCCCN(CC)CC)cc1. The molecule has 27 heavy (non-hydrogen) atoms. The number of benzene rings is 1. The highest BCUT2D eigenvalue weighted by atomic mass is 16.5. The third-order valence-corrected chi connectivity index (χ3v) is 5.08. The third-order valence-electron chi connectivity index (χ3n) is 5.08. The van der Waals surface area contributed by atoms with Crippen molar-refractivity contribution >= 4 is 11.6 Å². The molecule has 1 aromatic carbocycles. The summed E-state index contributed by atoms with van der Waals surface area (Å²) in [6.45, 7) is 12.2. The Kier molecular flexibility index (Phi) is 11.1. The fourth-order valence-electron chi connectivity index (χ4n) is 2.94. The van der Waals surface area contributed by atoms with Crippen LogP contribution in [0.2, 0.25) is 0 Å². The van der Waals surface area contributed by atoms with E-state index in [4.69, 9.17) is 9.47 Å². The maximum Gasteiger partial charge on any atom is 0.256 e. The minimum atomic E-state index is -0.797. The van der Waals surface area contributed by atoms with Crippen LogP contribution in [-0.2, 0) is 9.53 Å². The molecule has 0 bridgehead atoms. The highest BCUT2D eigenvalue weighted by molar-refractivity contribution is 5.97. The van der Waals surface area contributed by atoms with Crippen LogP contribution in [0.15, 0.2) is 24.3 Å². The van der Waals surface area contributed by atoms with Gasteiger partial charge < -0.3 is 19.7 Å². The lowest BCUT2D eigenvalue weighted by molar-refractivity contribution is -0.136. The zero-order valence-corrected chi connectivity index (χ0v) is 17.8. The molecular formula is C22H38N2O3. The van der Waals surface area contributed by atoms with Crippen LogP contribution in [0.1, 0.15) is 59.8 Å². The number of hydrogen-bond acceptors (Lipinski definition) is 4. The molecule has 1 N–H and O–H groups in total. The zero-order chi connectivity index (χ0) is 20.1. The number of ether oxygens (including phenoxy) is 2. The summed E-state index contributed by atoms with van der Waals surface area (Å²) in [7, 11) is 1.60. The van der Waals surface area contributed by atoms with E-state index in [1.54, 1.807) is 7.11 Å². The summed E-state index contributed by atoms with van der Waals surface area (Å²) in [5.41, 5.74) is -0.0383. The average molecular weight is 379 g/mol. The molecule has 0 saturated carbocycles. The molecule has 1 amide bonds. The van der Waals surface area contributed by atoms with Gasteiger partial charge in [-0.2, -0.15) is 0 Å². The van der Waals surface area contributed by atoms with Gasteiger partial charge in [0, 0.05) is 19.3 Å². The van der Waals surface area contributed by atoms with Crippen LogP contribution in [0.5, 0.6) is 5.75 Å². The van der Waals surface area contributed by atoms with Gasteiger partial charge in [0.05, 0.1) is 6.61 Å². The molecule has 1 rings (SSSR count). The number of rotatable bonds is 14. The van der Waals surface area contributed by atoms with Crippen LogP contribution in [-0.4, -0.2) is 49.8 Å². The van der Waals surface area contributed by atoms with Crippen molar-refractivity contribution in [3.8, 4) is 5.75 Å². The molecule has 0 aliphatic rings. The van der Waals surface area contributed by atoms with Crippen molar-refractivity contribution in [1.29, 1.82) is 0 Å². The molecule has 0 spiro atoms. The molecule has 0 aromatic heterocycles. The molecule has 0 aliphatic carbocycles. The molecule has 154 valence electrons. The molecule has 0 aliphatic heterocycles. The monoisotopic (exact) mass is 378 g/mol. The second kappa shape index (κ2) is 12.7. The molecule has 1 atom stereocenters. The van der Waals surface area contributed by atoms with Gasteiger partial charge in [0.25, 0.3) is 5.91 Å². The van der Waals surface area contributed by atoms with E-state index in [1.165, 1.54) is 0 Å². The number of hydrogen-bond donors (Lipinski definition) is 1. The summed E-state index contributed by atoms with van der Waals surface area (Å²) >= 11 is 0. The Morgan fingerprint density at radius 2 is 1.74 bits per heavy atom. The fraction of sp³-hybridized carbons (Fsp3) is 0.682. The maximum absolute atomic E-state index is 12.6. The van der Waals surface area contributed by atoms with Gasteiger partial charge in [0.15, 0.2) is 0 Å². The molecule has 0 heterocycles. The quantitative estimate of drug-likeness (QED) is 0.476. The summed E-state index contributed by atoms with van der Waals surface area (Å²) in [6.07, 6.45) is 4.93. The maximum atomic E-state index is 12.6. The first-order valence-electron chi connectivity index (χ1n) is 10.3. The number of anilines is 1. The summed E-state index contributed by atoms with van der Waals surface area (Å²) in [5.74, 6) is 0.721. The summed E-state index contributed by atoms with van der Waals surface area (Å²) in [5, 5.41) is 2.96. The molecule has 0 unspecified atom stereocenters. The van der Waals surface area contributed by atoms with E-state index in [2.05, 4.69) is 31.0 Å². The van der Waals surface area contributed by atoms with E-state index in [0.29, 0.717) is 6.61 Å². The first-order chi connectivity index (χ1) is 13.0. The topological polar surface area (TPSA) is 50.8 Å². The van der Waals surface area contributed by atoms with Crippen molar-refractivity contribution in [2.24, 2.45) is 0 Å².